The van der Waals surface area contributed by atoms with Crippen LogP contribution in [-0.2, 0) is 11.2 Å². The summed E-state index contributed by atoms with van der Waals surface area (Å²) in [7, 11) is 0. The van der Waals surface area contributed by atoms with Gasteiger partial charge in [0.05, 0.1) is 18.6 Å². The van der Waals surface area contributed by atoms with Gasteiger partial charge in [-0.1, -0.05) is 25.1 Å². The Labute approximate surface area is 126 Å². The molecule has 1 amide bonds. The van der Waals surface area contributed by atoms with Crippen LogP contribution in [0.3, 0.4) is 0 Å². The highest BCUT2D eigenvalue weighted by molar-refractivity contribution is 5.79. The largest absolute Gasteiger partial charge is 0.491 e. The summed E-state index contributed by atoms with van der Waals surface area (Å²) in [6.45, 7) is 7.14. The molecule has 4 nitrogen and oxygen atoms in total. The van der Waals surface area contributed by atoms with E-state index >= 15 is 0 Å². The second-order valence-corrected chi connectivity index (χ2v) is 6.12. The van der Waals surface area contributed by atoms with Crippen LogP contribution in [0.5, 0.6) is 5.75 Å². The molecule has 1 aliphatic heterocycles. The number of β-amino-alcohol motifs (C(OH)–C–C–N with tert-alkyl or cyclic N) is 1. The van der Waals surface area contributed by atoms with Crippen LogP contribution in [0.4, 0.5) is 0 Å². The van der Waals surface area contributed by atoms with E-state index in [4.69, 9.17) is 4.74 Å². The van der Waals surface area contributed by atoms with Crippen molar-refractivity contribution in [1.29, 1.82) is 0 Å². The lowest BCUT2D eigenvalue weighted by atomic mass is 9.95. The average Bonchev–Trinajstić information content (AvgIpc) is 2.43. The van der Waals surface area contributed by atoms with Gasteiger partial charge in [0.1, 0.15) is 5.75 Å². The molecule has 1 aromatic rings. The maximum absolute atomic E-state index is 12.4. The molecule has 116 valence electrons. The van der Waals surface area contributed by atoms with E-state index in [0.29, 0.717) is 13.0 Å². The van der Waals surface area contributed by atoms with E-state index in [9.17, 15) is 9.90 Å². The van der Waals surface area contributed by atoms with Gasteiger partial charge in [-0.25, -0.2) is 0 Å². The van der Waals surface area contributed by atoms with Crippen molar-refractivity contribution in [2.45, 2.75) is 45.8 Å². The van der Waals surface area contributed by atoms with Crippen molar-refractivity contribution < 1.29 is 14.6 Å². The molecule has 4 heteroatoms. The summed E-state index contributed by atoms with van der Waals surface area (Å²) in [5.41, 5.74) is 0.907. The van der Waals surface area contributed by atoms with Gasteiger partial charge in [-0.3, -0.25) is 4.79 Å². The lowest BCUT2D eigenvalue weighted by Crippen LogP contribution is -2.46. The number of piperidine rings is 1. The Kier molecular flexibility index (Phi) is 5.23. The second kappa shape index (κ2) is 6.94. The third-order valence-electron chi connectivity index (χ3n) is 3.95. The first-order valence-corrected chi connectivity index (χ1v) is 7.67. The summed E-state index contributed by atoms with van der Waals surface area (Å²) >= 11 is 0. The number of aliphatic hydroxyl groups is 1. The van der Waals surface area contributed by atoms with Gasteiger partial charge in [-0.15, -0.1) is 0 Å². The highest BCUT2D eigenvalue weighted by Gasteiger charge is 2.27. The predicted molar refractivity (Wildman–Crippen MR) is 82.3 cm³/mol. The monoisotopic (exact) mass is 291 g/mol. The number of carbonyl (C=O) groups excluding carboxylic acids is 1. The number of carbonyl (C=O) groups is 1. The van der Waals surface area contributed by atoms with Crippen molar-refractivity contribution in [1.82, 2.24) is 4.90 Å². The molecule has 0 spiro atoms. The van der Waals surface area contributed by atoms with Gasteiger partial charge in [-0.05, 0) is 32.3 Å². The molecule has 0 saturated carbocycles. The molecule has 0 aromatic heterocycles. The van der Waals surface area contributed by atoms with Gasteiger partial charge in [-0.2, -0.15) is 0 Å². The fourth-order valence-corrected chi connectivity index (χ4v) is 2.57. The predicted octanol–water partition coefficient (Wildman–Crippen LogP) is 2.25. The number of hydrogen-bond acceptors (Lipinski definition) is 3. The van der Waals surface area contributed by atoms with Crippen LogP contribution in [-0.4, -0.2) is 41.2 Å². The maximum Gasteiger partial charge on any atom is 0.227 e. The summed E-state index contributed by atoms with van der Waals surface area (Å²) in [4.78, 5) is 14.2. The van der Waals surface area contributed by atoms with Crippen molar-refractivity contribution >= 4 is 5.91 Å². The fourth-order valence-electron chi connectivity index (χ4n) is 2.57. The van der Waals surface area contributed by atoms with Crippen LogP contribution in [0, 0.1) is 5.92 Å². The van der Waals surface area contributed by atoms with Crippen molar-refractivity contribution in [3.05, 3.63) is 29.8 Å². The van der Waals surface area contributed by atoms with Crippen molar-refractivity contribution in [3.63, 3.8) is 0 Å². The van der Waals surface area contributed by atoms with E-state index in [1.54, 1.807) is 4.90 Å². The van der Waals surface area contributed by atoms with E-state index in [1.165, 1.54) is 0 Å². The molecule has 0 radical (unpaired) electrons. The van der Waals surface area contributed by atoms with Crippen molar-refractivity contribution in [2.75, 3.05) is 13.1 Å². The Morgan fingerprint density at radius 2 is 2.14 bits per heavy atom. The first-order valence-electron chi connectivity index (χ1n) is 7.67. The van der Waals surface area contributed by atoms with Crippen LogP contribution < -0.4 is 4.74 Å². The van der Waals surface area contributed by atoms with Crippen LogP contribution in [0.2, 0.25) is 0 Å². The van der Waals surface area contributed by atoms with Crippen molar-refractivity contribution in [2.24, 2.45) is 5.92 Å². The number of rotatable bonds is 4. The quantitative estimate of drug-likeness (QED) is 0.925. The first-order chi connectivity index (χ1) is 9.97. The summed E-state index contributed by atoms with van der Waals surface area (Å²) in [6, 6.07) is 7.66. The number of ether oxygens (including phenoxy) is 1. The highest BCUT2D eigenvalue weighted by Crippen LogP contribution is 2.22. The lowest BCUT2D eigenvalue weighted by Gasteiger charge is -2.34. The molecule has 1 heterocycles. The molecular formula is C17H25NO3. The number of likely N-dealkylation sites (tertiary alicyclic amines) is 1. The zero-order valence-corrected chi connectivity index (χ0v) is 13.1. The van der Waals surface area contributed by atoms with E-state index in [-0.39, 0.29) is 17.9 Å². The summed E-state index contributed by atoms with van der Waals surface area (Å²) in [6.07, 6.45) is 0.852. The number of hydrogen-bond donors (Lipinski definition) is 1. The maximum atomic E-state index is 12.4. The van der Waals surface area contributed by atoms with Crippen molar-refractivity contribution in [3.8, 4) is 5.75 Å². The molecule has 2 unspecified atom stereocenters. The Hall–Kier alpha value is -1.55. The van der Waals surface area contributed by atoms with Gasteiger partial charge < -0.3 is 14.7 Å². The molecule has 1 saturated heterocycles. The smallest absolute Gasteiger partial charge is 0.227 e. The first kappa shape index (κ1) is 15.8. The Balaban J connectivity index is 2.03. The molecule has 0 aliphatic carbocycles. The number of nitrogens with zero attached hydrogens (tertiary/aromatic N) is 1. The zero-order chi connectivity index (χ0) is 15.4. The molecule has 2 rings (SSSR count). The Bertz CT molecular complexity index is 487. The van der Waals surface area contributed by atoms with E-state index in [2.05, 4.69) is 0 Å². The third-order valence-corrected chi connectivity index (χ3v) is 3.95. The average molecular weight is 291 g/mol. The van der Waals surface area contributed by atoms with Gasteiger partial charge in [0.2, 0.25) is 5.91 Å². The van der Waals surface area contributed by atoms with E-state index in [0.717, 1.165) is 24.3 Å². The molecule has 1 N–H and O–H groups in total. The summed E-state index contributed by atoms with van der Waals surface area (Å²) < 4.78 is 5.75. The molecule has 1 aromatic carbocycles. The van der Waals surface area contributed by atoms with E-state index < -0.39 is 6.10 Å². The lowest BCUT2D eigenvalue weighted by molar-refractivity contribution is -0.134. The minimum atomic E-state index is -0.412. The Morgan fingerprint density at radius 1 is 1.43 bits per heavy atom. The summed E-state index contributed by atoms with van der Waals surface area (Å²) in [5, 5.41) is 9.92. The molecule has 0 bridgehead atoms. The molecule has 1 fully saturated rings. The van der Waals surface area contributed by atoms with Crippen LogP contribution in [0.15, 0.2) is 24.3 Å². The van der Waals surface area contributed by atoms with Crippen LogP contribution >= 0.6 is 0 Å². The van der Waals surface area contributed by atoms with Crippen LogP contribution in [0.25, 0.3) is 0 Å². The minimum absolute atomic E-state index is 0.0563. The van der Waals surface area contributed by atoms with Crippen LogP contribution in [0.1, 0.15) is 32.8 Å². The minimum Gasteiger partial charge on any atom is -0.491 e. The number of amides is 1. The zero-order valence-electron chi connectivity index (χ0n) is 13.1. The van der Waals surface area contributed by atoms with Gasteiger partial charge in [0, 0.05) is 18.7 Å². The Morgan fingerprint density at radius 3 is 2.81 bits per heavy atom. The number of para-hydroxylation sites is 1. The topological polar surface area (TPSA) is 49.8 Å². The molecule has 21 heavy (non-hydrogen) atoms. The number of benzene rings is 1. The van der Waals surface area contributed by atoms with Gasteiger partial charge in [0.25, 0.3) is 0 Å². The van der Waals surface area contributed by atoms with Gasteiger partial charge in [0.15, 0.2) is 0 Å². The molecule has 1 aliphatic rings. The number of aliphatic hydroxyl groups excluding tert-OH is 1. The van der Waals surface area contributed by atoms with Gasteiger partial charge >= 0.3 is 0 Å². The summed E-state index contributed by atoms with van der Waals surface area (Å²) in [5.74, 6) is 1.10. The fraction of sp³-hybridized carbons (Fsp3) is 0.588. The molecular weight excluding hydrogens is 266 g/mol. The molecule has 2 atom stereocenters. The van der Waals surface area contributed by atoms with E-state index in [1.807, 2.05) is 45.0 Å². The highest BCUT2D eigenvalue weighted by atomic mass is 16.5. The third kappa shape index (κ3) is 4.21. The SMILES string of the molecule is CC(C)Oc1ccccc1CC(=O)N1CCC(C)C(O)C1. The second-order valence-electron chi connectivity index (χ2n) is 6.12. The standard InChI is InChI=1S/C17H25NO3/c1-12(2)21-16-7-5-4-6-14(16)10-17(20)18-9-8-13(3)15(19)11-18/h4-7,12-13,15,19H,8-11H2,1-3H3. The normalized spacial score (nSPS) is 22.4.